The minimum Gasteiger partial charge on any atom is -0.481 e. The Hall–Kier alpha value is -1.59. The highest BCUT2D eigenvalue weighted by atomic mass is 16.4. The Morgan fingerprint density at radius 3 is 2.16 bits per heavy atom. The fourth-order valence-electron chi connectivity index (χ4n) is 1.69. The Balaban J connectivity index is 3.63. The van der Waals surface area contributed by atoms with Gasteiger partial charge in [0.25, 0.3) is 0 Å². The van der Waals surface area contributed by atoms with Gasteiger partial charge in [0.15, 0.2) is 0 Å². The third-order valence-electron chi connectivity index (χ3n) is 2.80. The molecule has 0 radical (unpaired) electrons. The number of carbonyl (C=O) groups is 3. The molecule has 6 nitrogen and oxygen atoms in total. The molecule has 0 aliphatic carbocycles. The number of hydrogen-bond donors (Lipinski definition) is 2. The lowest BCUT2D eigenvalue weighted by Crippen LogP contribution is -2.30. The van der Waals surface area contributed by atoms with Crippen LogP contribution in [0.3, 0.4) is 0 Å². The normalized spacial score (nSPS) is 10.0. The summed E-state index contributed by atoms with van der Waals surface area (Å²) in [5.74, 6) is -0.916. The average Bonchev–Trinajstić information content (AvgIpc) is 2.36. The maximum Gasteiger partial charge on any atom is 0.303 e. The van der Waals surface area contributed by atoms with Crippen LogP contribution in [0.4, 0.5) is 0 Å². The summed E-state index contributed by atoms with van der Waals surface area (Å²) in [6.45, 7) is 5.61. The fraction of sp³-hybridized carbons (Fsp3) is 0.769. The highest BCUT2D eigenvalue weighted by molar-refractivity contribution is 5.78. The van der Waals surface area contributed by atoms with E-state index in [1.807, 2.05) is 13.8 Å². The van der Waals surface area contributed by atoms with Gasteiger partial charge in [0.05, 0.1) is 0 Å². The van der Waals surface area contributed by atoms with E-state index in [0.29, 0.717) is 45.3 Å². The van der Waals surface area contributed by atoms with E-state index in [9.17, 15) is 14.4 Å². The summed E-state index contributed by atoms with van der Waals surface area (Å²) in [6.07, 6.45) is 1.70. The molecule has 0 aromatic heterocycles. The largest absolute Gasteiger partial charge is 0.481 e. The van der Waals surface area contributed by atoms with Crippen LogP contribution in [0, 0.1) is 0 Å². The predicted octanol–water partition coefficient (Wildman–Crippen LogP) is 1.01. The van der Waals surface area contributed by atoms with Crippen molar-refractivity contribution in [2.24, 2.45) is 0 Å². The van der Waals surface area contributed by atoms with E-state index in [1.165, 1.54) is 0 Å². The van der Waals surface area contributed by atoms with E-state index in [1.54, 1.807) is 4.90 Å². The summed E-state index contributed by atoms with van der Waals surface area (Å²) in [6, 6.07) is 0. The fourth-order valence-corrected chi connectivity index (χ4v) is 1.69. The zero-order valence-electron chi connectivity index (χ0n) is 11.8. The van der Waals surface area contributed by atoms with Crippen molar-refractivity contribution in [2.75, 3.05) is 19.6 Å². The first-order valence-corrected chi connectivity index (χ1v) is 6.77. The lowest BCUT2D eigenvalue weighted by Gasteiger charge is -2.18. The number of carbonyl (C=O) groups excluding carboxylic acids is 2. The highest BCUT2D eigenvalue weighted by Gasteiger charge is 2.10. The van der Waals surface area contributed by atoms with Gasteiger partial charge in [-0.3, -0.25) is 14.4 Å². The minimum atomic E-state index is -0.862. The number of amides is 2. The molecule has 0 aliphatic rings. The van der Waals surface area contributed by atoms with Gasteiger partial charge in [-0.15, -0.1) is 0 Å². The summed E-state index contributed by atoms with van der Waals surface area (Å²) in [7, 11) is 0. The third kappa shape index (κ3) is 9.04. The van der Waals surface area contributed by atoms with E-state index in [2.05, 4.69) is 5.32 Å². The molecule has 0 saturated carbocycles. The molecule has 0 saturated heterocycles. The predicted molar refractivity (Wildman–Crippen MR) is 71.7 cm³/mol. The average molecular weight is 272 g/mol. The van der Waals surface area contributed by atoms with Crippen molar-refractivity contribution in [2.45, 2.75) is 46.0 Å². The van der Waals surface area contributed by atoms with Crippen molar-refractivity contribution >= 4 is 17.8 Å². The zero-order chi connectivity index (χ0) is 14.7. The quantitative estimate of drug-likeness (QED) is 0.581. The first-order chi connectivity index (χ1) is 9.01. The molecule has 0 aliphatic heterocycles. The van der Waals surface area contributed by atoms with E-state index < -0.39 is 5.97 Å². The summed E-state index contributed by atoms with van der Waals surface area (Å²) < 4.78 is 0. The molecular weight excluding hydrogens is 248 g/mol. The zero-order valence-corrected chi connectivity index (χ0v) is 11.8. The SMILES string of the molecule is CCN(CC)C(=O)CCCC(=O)NCCCC(=O)O. The van der Waals surface area contributed by atoms with Crippen molar-refractivity contribution in [3.63, 3.8) is 0 Å². The maximum absolute atomic E-state index is 11.7. The van der Waals surface area contributed by atoms with Crippen molar-refractivity contribution in [3.05, 3.63) is 0 Å². The van der Waals surface area contributed by atoms with E-state index in [0.717, 1.165) is 0 Å². The molecule has 2 N–H and O–H groups in total. The van der Waals surface area contributed by atoms with Crippen LogP contribution in [0.15, 0.2) is 0 Å². The van der Waals surface area contributed by atoms with E-state index in [4.69, 9.17) is 5.11 Å². The molecule has 0 fully saturated rings. The van der Waals surface area contributed by atoms with Crippen molar-refractivity contribution in [1.82, 2.24) is 10.2 Å². The number of aliphatic carboxylic acids is 1. The third-order valence-corrected chi connectivity index (χ3v) is 2.80. The van der Waals surface area contributed by atoms with Crippen LogP contribution in [0.2, 0.25) is 0 Å². The van der Waals surface area contributed by atoms with Crippen molar-refractivity contribution in [3.8, 4) is 0 Å². The van der Waals surface area contributed by atoms with Crippen LogP contribution >= 0.6 is 0 Å². The van der Waals surface area contributed by atoms with Crippen molar-refractivity contribution in [1.29, 1.82) is 0 Å². The van der Waals surface area contributed by atoms with Crippen LogP contribution in [0.5, 0.6) is 0 Å². The van der Waals surface area contributed by atoms with Gasteiger partial charge in [-0.05, 0) is 26.7 Å². The number of nitrogens with zero attached hydrogens (tertiary/aromatic N) is 1. The molecule has 2 amide bonds. The molecule has 6 heteroatoms. The van der Waals surface area contributed by atoms with Gasteiger partial charge in [0.2, 0.25) is 11.8 Å². The molecule has 110 valence electrons. The molecule has 0 bridgehead atoms. The van der Waals surface area contributed by atoms with Gasteiger partial charge in [0.1, 0.15) is 0 Å². The highest BCUT2D eigenvalue weighted by Crippen LogP contribution is 2.01. The van der Waals surface area contributed by atoms with Gasteiger partial charge in [-0.25, -0.2) is 0 Å². The van der Waals surface area contributed by atoms with Crippen molar-refractivity contribution < 1.29 is 19.5 Å². The van der Waals surface area contributed by atoms with Crippen LogP contribution in [-0.4, -0.2) is 47.4 Å². The molecule has 19 heavy (non-hydrogen) atoms. The first-order valence-electron chi connectivity index (χ1n) is 6.77. The maximum atomic E-state index is 11.7. The van der Waals surface area contributed by atoms with Gasteiger partial charge in [-0.2, -0.15) is 0 Å². The topological polar surface area (TPSA) is 86.7 Å². The van der Waals surface area contributed by atoms with Crippen LogP contribution in [0.1, 0.15) is 46.0 Å². The Morgan fingerprint density at radius 1 is 1.00 bits per heavy atom. The number of carboxylic acid groups (broad SMARTS) is 1. The number of carboxylic acids is 1. The van der Waals surface area contributed by atoms with Crippen LogP contribution in [0.25, 0.3) is 0 Å². The smallest absolute Gasteiger partial charge is 0.303 e. The number of hydrogen-bond acceptors (Lipinski definition) is 3. The molecule has 0 aromatic rings. The van der Waals surface area contributed by atoms with Crippen LogP contribution < -0.4 is 5.32 Å². The second-order valence-corrected chi connectivity index (χ2v) is 4.27. The Kier molecular flexibility index (Phi) is 9.48. The first kappa shape index (κ1) is 17.4. The molecular formula is C13H24N2O4. The van der Waals surface area contributed by atoms with Gasteiger partial charge in [-0.1, -0.05) is 0 Å². The Morgan fingerprint density at radius 2 is 1.63 bits per heavy atom. The minimum absolute atomic E-state index is 0.0563. The second-order valence-electron chi connectivity index (χ2n) is 4.27. The Labute approximate surface area is 114 Å². The standard InChI is InChI=1S/C13H24N2O4/c1-3-15(4-2)12(17)8-5-7-11(16)14-10-6-9-13(18)19/h3-10H2,1-2H3,(H,14,16)(H,18,19). The summed E-state index contributed by atoms with van der Waals surface area (Å²) in [4.78, 5) is 35.0. The second kappa shape index (κ2) is 10.3. The van der Waals surface area contributed by atoms with Crippen LogP contribution in [-0.2, 0) is 14.4 Å². The number of rotatable bonds is 10. The molecule has 0 atom stereocenters. The lowest BCUT2D eigenvalue weighted by atomic mass is 10.2. The molecule has 0 heterocycles. The number of nitrogens with one attached hydrogen (secondary N) is 1. The van der Waals surface area contributed by atoms with Gasteiger partial charge >= 0.3 is 5.97 Å². The lowest BCUT2D eigenvalue weighted by molar-refractivity contribution is -0.137. The Bertz CT molecular complexity index is 301. The molecule has 0 unspecified atom stereocenters. The molecule has 0 aromatic carbocycles. The summed E-state index contributed by atoms with van der Waals surface area (Å²) in [5, 5.41) is 11.1. The molecule has 0 spiro atoms. The van der Waals surface area contributed by atoms with E-state index >= 15 is 0 Å². The van der Waals surface area contributed by atoms with Gasteiger partial charge in [0, 0.05) is 38.9 Å². The summed E-state index contributed by atoms with van der Waals surface area (Å²) in [5.41, 5.74) is 0. The van der Waals surface area contributed by atoms with Gasteiger partial charge < -0.3 is 15.3 Å². The van der Waals surface area contributed by atoms with E-state index in [-0.39, 0.29) is 18.2 Å². The molecule has 0 rings (SSSR count). The monoisotopic (exact) mass is 272 g/mol. The summed E-state index contributed by atoms with van der Waals surface area (Å²) >= 11 is 0.